The summed E-state index contributed by atoms with van der Waals surface area (Å²) in [7, 11) is 0. The molecule has 2 N–H and O–H groups in total. The van der Waals surface area contributed by atoms with Crippen LogP contribution in [0.2, 0.25) is 0 Å². The molecular weight excluding hydrogens is 333 g/mol. The number of hydrogen-bond acceptors (Lipinski definition) is 3. The first-order chi connectivity index (χ1) is 12.6. The summed E-state index contributed by atoms with van der Waals surface area (Å²) in [4.78, 5) is 26.5. The lowest BCUT2D eigenvalue weighted by atomic mass is 9.81. The Morgan fingerprint density at radius 2 is 2.12 bits per heavy atom. The molecule has 4 rings (SSSR count). The Morgan fingerprint density at radius 1 is 1.23 bits per heavy atom. The van der Waals surface area contributed by atoms with Crippen molar-refractivity contribution in [1.82, 2.24) is 10.2 Å². The van der Waals surface area contributed by atoms with Crippen LogP contribution in [0.1, 0.15) is 48.0 Å². The van der Waals surface area contributed by atoms with E-state index in [1.54, 1.807) is 4.90 Å². The van der Waals surface area contributed by atoms with Crippen LogP contribution in [0.15, 0.2) is 18.2 Å². The van der Waals surface area contributed by atoms with Gasteiger partial charge in [-0.3, -0.25) is 9.59 Å². The zero-order valence-electron chi connectivity index (χ0n) is 15.0. The highest BCUT2D eigenvalue weighted by Gasteiger charge is 2.43. The van der Waals surface area contributed by atoms with Crippen molar-refractivity contribution < 1.29 is 14.0 Å². The zero-order valence-corrected chi connectivity index (χ0v) is 15.0. The third-order valence-corrected chi connectivity index (χ3v) is 5.99. The van der Waals surface area contributed by atoms with Gasteiger partial charge in [-0.05, 0) is 62.3 Å². The number of carbonyl (C=O) groups excluding carboxylic acids is 2. The van der Waals surface area contributed by atoms with Gasteiger partial charge in [0.05, 0.1) is 12.0 Å². The number of nitrogens with one attached hydrogen (secondary N) is 2. The number of amides is 2. The van der Waals surface area contributed by atoms with Crippen LogP contribution in [0.25, 0.3) is 0 Å². The Bertz CT molecular complexity index is 708. The lowest BCUT2D eigenvalue weighted by Gasteiger charge is -2.45. The van der Waals surface area contributed by atoms with Gasteiger partial charge in [0.25, 0.3) is 5.91 Å². The summed E-state index contributed by atoms with van der Waals surface area (Å²) in [5.74, 6) is -0.640. The standard InChI is InChI=1S/C20H26FN3O2/c21-17-6-5-16(17)20(26)24-10-8-15(24)12-23-19(25)14-4-7-18-13(11-14)3-1-2-9-22-18/h4,7,11,15-17,22H,1-3,5-6,8-10,12H2,(H,23,25). The second kappa shape index (κ2) is 7.25. The van der Waals surface area contributed by atoms with Crippen molar-refractivity contribution in [3.8, 4) is 0 Å². The molecule has 3 unspecified atom stereocenters. The summed E-state index contributed by atoms with van der Waals surface area (Å²) in [6.07, 6.45) is 4.29. The van der Waals surface area contributed by atoms with Crippen molar-refractivity contribution in [3.63, 3.8) is 0 Å². The Kier molecular flexibility index (Phi) is 4.83. The van der Waals surface area contributed by atoms with E-state index < -0.39 is 12.1 Å². The normalized spacial score (nSPS) is 27.3. The highest BCUT2D eigenvalue weighted by atomic mass is 19.1. The Hall–Kier alpha value is -2.11. The summed E-state index contributed by atoms with van der Waals surface area (Å²) in [5.41, 5.74) is 2.97. The van der Waals surface area contributed by atoms with Crippen molar-refractivity contribution >= 4 is 17.5 Å². The van der Waals surface area contributed by atoms with E-state index in [2.05, 4.69) is 10.6 Å². The van der Waals surface area contributed by atoms with Gasteiger partial charge in [-0.15, -0.1) is 0 Å². The number of nitrogens with zero attached hydrogens (tertiary/aromatic N) is 1. The average molecular weight is 359 g/mol. The van der Waals surface area contributed by atoms with E-state index in [9.17, 15) is 14.0 Å². The highest BCUT2D eigenvalue weighted by molar-refractivity contribution is 5.95. The SMILES string of the molecule is O=C(NCC1CCN1C(=O)C1CCC1F)c1ccc2c(c1)CCCCN2. The zero-order chi connectivity index (χ0) is 18.1. The predicted molar refractivity (Wildman–Crippen MR) is 97.9 cm³/mol. The van der Waals surface area contributed by atoms with Crippen LogP contribution in [0.5, 0.6) is 0 Å². The number of anilines is 1. The van der Waals surface area contributed by atoms with Gasteiger partial charge in [-0.2, -0.15) is 0 Å². The van der Waals surface area contributed by atoms with Gasteiger partial charge >= 0.3 is 0 Å². The monoisotopic (exact) mass is 359 g/mol. The average Bonchev–Trinajstić information content (AvgIpc) is 2.84. The molecule has 0 aromatic heterocycles. The third-order valence-electron chi connectivity index (χ3n) is 5.99. The molecule has 2 heterocycles. The molecule has 3 atom stereocenters. The number of benzene rings is 1. The van der Waals surface area contributed by atoms with E-state index in [-0.39, 0.29) is 17.9 Å². The van der Waals surface area contributed by atoms with Crippen LogP contribution in [0, 0.1) is 5.92 Å². The van der Waals surface area contributed by atoms with Crippen molar-refractivity contribution in [3.05, 3.63) is 29.3 Å². The Morgan fingerprint density at radius 3 is 2.81 bits per heavy atom. The van der Waals surface area contributed by atoms with Crippen LogP contribution < -0.4 is 10.6 Å². The van der Waals surface area contributed by atoms with Gasteiger partial charge in [-0.25, -0.2) is 4.39 Å². The minimum atomic E-state index is -0.980. The molecule has 140 valence electrons. The first-order valence-corrected chi connectivity index (χ1v) is 9.73. The number of aryl methyl sites for hydroxylation is 1. The van der Waals surface area contributed by atoms with Gasteiger partial charge in [-0.1, -0.05) is 0 Å². The van der Waals surface area contributed by atoms with E-state index in [0.717, 1.165) is 37.9 Å². The molecule has 2 aliphatic heterocycles. The van der Waals surface area contributed by atoms with Crippen molar-refractivity contribution in [2.75, 3.05) is 25.0 Å². The van der Waals surface area contributed by atoms with Crippen LogP contribution in [-0.4, -0.2) is 48.6 Å². The summed E-state index contributed by atoms with van der Waals surface area (Å²) < 4.78 is 13.5. The topological polar surface area (TPSA) is 61.4 Å². The minimum Gasteiger partial charge on any atom is -0.385 e. The van der Waals surface area contributed by atoms with E-state index >= 15 is 0 Å². The van der Waals surface area contributed by atoms with Crippen molar-refractivity contribution in [1.29, 1.82) is 0 Å². The molecule has 26 heavy (non-hydrogen) atoms. The number of carbonyl (C=O) groups is 2. The van der Waals surface area contributed by atoms with E-state index in [1.165, 1.54) is 5.56 Å². The maximum atomic E-state index is 13.5. The molecule has 0 radical (unpaired) electrons. The number of fused-ring (bicyclic) bond motifs is 1. The van der Waals surface area contributed by atoms with Crippen LogP contribution in [0.4, 0.5) is 10.1 Å². The van der Waals surface area contributed by atoms with E-state index in [0.29, 0.717) is 31.5 Å². The molecule has 1 aromatic carbocycles. The fourth-order valence-electron chi connectivity index (χ4n) is 3.98. The smallest absolute Gasteiger partial charge is 0.251 e. The van der Waals surface area contributed by atoms with Gasteiger partial charge in [0.1, 0.15) is 6.17 Å². The summed E-state index contributed by atoms with van der Waals surface area (Å²) in [6, 6.07) is 5.79. The largest absolute Gasteiger partial charge is 0.385 e. The Labute approximate surface area is 153 Å². The molecule has 3 aliphatic rings. The van der Waals surface area contributed by atoms with Crippen molar-refractivity contribution in [2.45, 2.75) is 50.7 Å². The molecule has 2 amide bonds. The number of rotatable bonds is 4. The van der Waals surface area contributed by atoms with Gasteiger partial charge < -0.3 is 15.5 Å². The lowest BCUT2D eigenvalue weighted by Crippen LogP contribution is -2.59. The quantitative estimate of drug-likeness (QED) is 0.868. The number of halogens is 1. The highest BCUT2D eigenvalue weighted by Crippen LogP contribution is 2.34. The number of likely N-dealkylation sites (tertiary alicyclic amines) is 1. The van der Waals surface area contributed by atoms with Gasteiger partial charge in [0.15, 0.2) is 0 Å². The molecule has 0 bridgehead atoms. The summed E-state index contributed by atoms with van der Waals surface area (Å²) >= 11 is 0. The second-order valence-corrected chi connectivity index (χ2v) is 7.64. The molecule has 0 spiro atoms. The molecule has 6 heteroatoms. The maximum absolute atomic E-state index is 13.5. The fraction of sp³-hybridized carbons (Fsp3) is 0.600. The summed E-state index contributed by atoms with van der Waals surface area (Å²) in [5, 5.41) is 6.34. The molecule has 1 saturated heterocycles. The molecule has 1 aliphatic carbocycles. The molecule has 5 nitrogen and oxygen atoms in total. The molecule has 1 saturated carbocycles. The molecular formula is C20H26FN3O2. The third kappa shape index (κ3) is 3.29. The van der Waals surface area contributed by atoms with E-state index in [1.807, 2.05) is 18.2 Å². The van der Waals surface area contributed by atoms with Crippen LogP contribution in [0.3, 0.4) is 0 Å². The first kappa shape index (κ1) is 17.3. The second-order valence-electron chi connectivity index (χ2n) is 7.64. The van der Waals surface area contributed by atoms with Crippen molar-refractivity contribution in [2.24, 2.45) is 5.92 Å². The summed E-state index contributed by atoms with van der Waals surface area (Å²) in [6.45, 7) is 2.08. The van der Waals surface area contributed by atoms with Crippen LogP contribution in [-0.2, 0) is 11.2 Å². The van der Waals surface area contributed by atoms with Crippen LogP contribution >= 0.6 is 0 Å². The fourth-order valence-corrected chi connectivity index (χ4v) is 3.98. The first-order valence-electron chi connectivity index (χ1n) is 9.73. The molecule has 2 fully saturated rings. The number of hydrogen-bond donors (Lipinski definition) is 2. The van der Waals surface area contributed by atoms with Gasteiger partial charge in [0, 0.05) is 30.9 Å². The minimum absolute atomic E-state index is 0.00161. The molecule has 1 aromatic rings. The van der Waals surface area contributed by atoms with Gasteiger partial charge in [0.2, 0.25) is 5.91 Å². The maximum Gasteiger partial charge on any atom is 0.251 e. The Balaban J connectivity index is 1.32. The number of alkyl halides is 1. The lowest BCUT2D eigenvalue weighted by molar-refractivity contribution is -0.149. The predicted octanol–water partition coefficient (Wildman–Crippen LogP) is 2.51. The van der Waals surface area contributed by atoms with E-state index in [4.69, 9.17) is 0 Å².